The molecule has 0 atom stereocenters. The van der Waals surface area contributed by atoms with Crippen LogP contribution in [0, 0.1) is 12.8 Å². The first-order chi connectivity index (χ1) is 13.9. The molecule has 1 aliphatic carbocycles. The minimum Gasteiger partial charge on any atom is -0.356 e. The monoisotopic (exact) mass is 414 g/mol. The Morgan fingerprint density at radius 1 is 1.14 bits per heavy atom. The molecule has 1 saturated carbocycles. The number of anilines is 2. The standard InChI is InChI=1S/C20H26N6O2S/c1-14-3-6-16(11-22-14)25-29(27,28)12-15-4-7-17(8-5-15)26(2)20-18-9-10-21-19(18)23-13-24-20/h3,6,9-11,13,15,17,25H,4-5,7-8,12H2,1-2H3,(H,21,23,24)/t15-,17-. The Bertz CT molecular complexity index is 1070. The molecule has 1 fully saturated rings. The van der Waals surface area contributed by atoms with Gasteiger partial charge in [0.05, 0.1) is 23.0 Å². The molecule has 0 aromatic carbocycles. The molecule has 2 N–H and O–H groups in total. The number of aryl methyl sites for hydroxylation is 1. The number of nitrogens with zero attached hydrogens (tertiary/aromatic N) is 4. The van der Waals surface area contributed by atoms with Gasteiger partial charge in [-0.05, 0) is 56.7 Å². The van der Waals surface area contributed by atoms with Crippen molar-refractivity contribution >= 4 is 32.6 Å². The lowest BCUT2D eigenvalue weighted by Gasteiger charge is -2.35. The Kier molecular flexibility index (Phi) is 5.40. The van der Waals surface area contributed by atoms with E-state index in [1.54, 1.807) is 24.7 Å². The zero-order valence-corrected chi connectivity index (χ0v) is 17.5. The molecule has 0 radical (unpaired) electrons. The summed E-state index contributed by atoms with van der Waals surface area (Å²) in [4.78, 5) is 18.2. The molecule has 4 rings (SSSR count). The predicted octanol–water partition coefficient (Wildman–Crippen LogP) is 3.10. The van der Waals surface area contributed by atoms with Crippen molar-refractivity contribution in [2.45, 2.75) is 38.6 Å². The van der Waals surface area contributed by atoms with Gasteiger partial charge in [-0.15, -0.1) is 0 Å². The van der Waals surface area contributed by atoms with Gasteiger partial charge in [0.15, 0.2) is 0 Å². The van der Waals surface area contributed by atoms with E-state index in [0.717, 1.165) is 48.2 Å². The minimum atomic E-state index is -3.39. The van der Waals surface area contributed by atoms with Crippen LogP contribution in [0.1, 0.15) is 31.4 Å². The van der Waals surface area contributed by atoms with E-state index in [-0.39, 0.29) is 11.7 Å². The van der Waals surface area contributed by atoms with Crippen molar-refractivity contribution in [1.82, 2.24) is 19.9 Å². The van der Waals surface area contributed by atoms with Crippen LogP contribution in [-0.4, -0.2) is 47.2 Å². The van der Waals surface area contributed by atoms with E-state index in [0.29, 0.717) is 11.7 Å². The van der Waals surface area contributed by atoms with Gasteiger partial charge in [0, 0.05) is 25.0 Å². The number of hydrogen-bond acceptors (Lipinski definition) is 6. The quantitative estimate of drug-likeness (QED) is 0.642. The zero-order valence-electron chi connectivity index (χ0n) is 16.7. The van der Waals surface area contributed by atoms with Gasteiger partial charge in [-0.25, -0.2) is 18.4 Å². The van der Waals surface area contributed by atoms with Crippen molar-refractivity contribution in [3.63, 3.8) is 0 Å². The van der Waals surface area contributed by atoms with Crippen LogP contribution in [0.2, 0.25) is 0 Å². The molecule has 0 amide bonds. The lowest BCUT2D eigenvalue weighted by molar-refractivity contribution is 0.341. The highest BCUT2D eigenvalue weighted by Gasteiger charge is 2.28. The fourth-order valence-corrected chi connectivity index (χ4v) is 5.59. The van der Waals surface area contributed by atoms with Gasteiger partial charge in [-0.3, -0.25) is 9.71 Å². The van der Waals surface area contributed by atoms with Crippen molar-refractivity contribution in [3.05, 3.63) is 42.6 Å². The minimum absolute atomic E-state index is 0.146. The second kappa shape index (κ2) is 7.98. The van der Waals surface area contributed by atoms with Gasteiger partial charge < -0.3 is 9.88 Å². The third kappa shape index (κ3) is 4.50. The number of nitrogens with one attached hydrogen (secondary N) is 2. The van der Waals surface area contributed by atoms with E-state index < -0.39 is 10.0 Å². The third-order valence-corrected chi connectivity index (χ3v) is 7.13. The van der Waals surface area contributed by atoms with Crippen LogP contribution in [-0.2, 0) is 10.0 Å². The molecular weight excluding hydrogens is 388 g/mol. The van der Waals surface area contributed by atoms with E-state index in [4.69, 9.17) is 0 Å². The maximum atomic E-state index is 12.5. The second-order valence-corrected chi connectivity index (χ2v) is 9.56. The molecule has 154 valence electrons. The van der Waals surface area contributed by atoms with Crippen molar-refractivity contribution in [3.8, 4) is 0 Å². The average molecular weight is 415 g/mol. The number of fused-ring (bicyclic) bond motifs is 1. The van der Waals surface area contributed by atoms with Gasteiger partial charge >= 0.3 is 0 Å². The predicted molar refractivity (Wildman–Crippen MR) is 114 cm³/mol. The molecule has 29 heavy (non-hydrogen) atoms. The van der Waals surface area contributed by atoms with Gasteiger partial charge in [0.1, 0.15) is 17.8 Å². The Labute approximate surface area is 170 Å². The third-order valence-electron chi connectivity index (χ3n) is 5.67. The number of sulfonamides is 1. The Hall–Kier alpha value is -2.68. The normalized spacial score (nSPS) is 19.9. The van der Waals surface area contributed by atoms with Crippen molar-refractivity contribution in [1.29, 1.82) is 0 Å². The van der Waals surface area contributed by atoms with Crippen molar-refractivity contribution in [2.24, 2.45) is 5.92 Å². The smallest absolute Gasteiger partial charge is 0.233 e. The van der Waals surface area contributed by atoms with Crippen molar-refractivity contribution < 1.29 is 8.42 Å². The fraction of sp³-hybridized carbons (Fsp3) is 0.450. The summed E-state index contributed by atoms with van der Waals surface area (Å²) in [6, 6.07) is 5.88. The molecule has 0 saturated heterocycles. The number of pyridine rings is 1. The molecule has 3 aromatic rings. The van der Waals surface area contributed by atoms with Gasteiger partial charge in [-0.1, -0.05) is 0 Å². The SMILES string of the molecule is Cc1ccc(NS(=O)(=O)C[C@H]2CC[C@H](N(C)c3ncnc4[nH]ccc34)CC2)cn1. The van der Waals surface area contributed by atoms with Gasteiger partial charge in [-0.2, -0.15) is 0 Å². The van der Waals surface area contributed by atoms with Gasteiger partial charge in [0.2, 0.25) is 10.0 Å². The molecule has 9 heteroatoms. The summed E-state index contributed by atoms with van der Waals surface area (Å²) in [6.45, 7) is 1.87. The summed E-state index contributed by atoms with van der Waals surface area (Å²) in [5.41, 5.74) is 2.21. The lowest BCUT2D eigenvalue weighted by atomic mass is 9.86. The first-order valence-corrected chi connectivity index (χ1v) is 11.5. The van der Waals surface area contributed by atoms with Crippen LogP contribution < -0.4 is 9.62 Å². The number of aromatic nitrogens is 4. The summed E-state index contributed by atoms with van der Waals surface area (Å²) < 4.78 is 27.7. The molecule has 0 bridgehead atoms. The highest BCUT2D eigenvalue weighted by molar-refractivity contribution is 7.92. The van der Waals surface area contributed by atoms with Crippen LogP contribution in [0.3, 0.4) is 0 Å². The first kappa shape index (κ1) is 19.6. The zero-order chi connectivity index (χ0) is 20.4. The molecule has 0 aliphatic heterocycles. The average Bonchev–Trinajstić information content (AvgIpc) is 3.18. The van der Waals surface area contributed by atoms with E-state index in [9.17, 15) is 8.42 Å². The van der Waals surface area contributed by atoms with Crippen LogP contribution >= 0.6 is 0 Å². The Morgan fingerprint density at radius 2 is 1.93 bits per heavy atom. The Morgan fingerprint density at radius 3 is 2.66 bits per heavy atom. The molecule has 3 aromatic heterocycles. The number of H-pyrrole nitrogens is 1. The van der Waals surface area contributed by atoms with Crippen molar-refractivity contribution in [2.75, 3.05) is 22.4 Å². The molecular formula is C20H26N6O2S. The number of aromatic amines is 1. The summed E-state index contributed by atoms with van der Waals surface area (Å²) in [6.07, 6.45) is 8.65. The molecule has 0 unspecified atom stereocenters. The highest BCUT2D eigenvalue weighted by Crippen LogP contribution is 2.32. The van der Waals surface area contributed by atoms with Crippen LogP contribution in [0.5, 0.6) is 0 Å². The topological polar surface area (TPSA) is 104 Å². The summed E-state index contributed by atoms with van der Waals surface area (Å²) >= 11 is 0. The first-order valence-electron chi connectivity index (χ1n) is 9.85. The number of rotatable bonds is 6. The Balaban J connectivity index is 1.35. The largest absolute Gasteiger partial charge is 0.356 e. The van der Waals surface area contributed by atoms with Crippen LogP contribution in [0.4, 0.5) is 11.5 Å². The van der Waals surface area contributed by atoms with E-state index in [1.165, 1.54) is 0 Å². The highest BCUT2D eigenvalue weighted by atomic mass is 32.2. The maximum absolute atomic E-state index is 12.5. The van der Waals surface area contributed by atoms with Crippen LogP contribution in [0.15, 0.2) is 36.9 Å². The summed E-state index contributed by atoms with van der Waals surface area (Å²) in [5.74, 6) is 1.22. The second-order valence-electron chi connectivity index (χ2n) is 7.79. The molecule has 8 nitrogen and oxygen atoms in total. The molecule has 3 heterocycles. The molecule has 0 spiro atoms. The van der Waals surface area contributed by atoms with E-state index in [1.807, 2.05) is 19.2 Å². The number of hydrogen-bond donors (Lipinski definition) is 2. The van der Waals surface area contributed by atoms with E-state index in [2.05, 4.69) is 36.6 Å². The van der Waals surface area contributed by atoms with E-state index >= 15 is 0 Å². The maximum Gasteiger partial charge on any atom is 0.233 e. The fourth-order valence-electron chi connectivity index (χ4n) is 4.07. The lowest BCUT2D eigenvalue weighted by Crippen LogP contribution is -2.37. The van der Waals surface area contributed by atoms with Crippen LogP contribution in [0.25, 0.3) is 11.0 Å². The molecule has 1 aliphatic rings. The summed E-state index contributed by atoms with van der Waals surface area (Å²) in [7, 11) is -1.33. The van der Waals surface area contributed by atoms with Gasteiger partial charge in [0.25, 0.3) is 0 Å². The summed E-state index contributed by atoms with van der Waals surface area (Å²) in [5, 5.41) is 1.01.